The molecule has 0 atom stereocenters. The van der Waals surface area contributed by atoms with Gasteiger partial charge in [0, 0.05) is 17.3 Å². The maximum atomic E-state index is 11.3. The first-order valence-electron chi connectivity index (χ1n) is 4.45. The predicted octanol–water partition coefficient (Wildman–Crippen LogP) is 1.60. The molecule has 1 aromatic heterocycles. The van der Waals surface area contributed by atoms with Gasteiger partial charge in [0.25, 0.3) is 0 Å². The number of esters is 1. The number of benzene rings is 1. The normalized spacial score (nSPS) is 10.2. The molecule has 0 radical (unpaired) electrons. The first-order valence-corrected chi connectivity index (χ1v) is 4.45. The Hall–Kier alpha value is -2.10. The Morgan fingerprint density at radius 1 is 1.47 bits per heavy atom. The smallest absolute Gasteiger partial charge is 0.340 e. The van der Waals surface area contributed by atoms with E-state index in [9.17, 15) is 4.79 Å². The number of fused-ring (bicyclic) bond motifs is 1. The quantitative estimate of drug-likeness (QED) is 0.563. The van der Waals surface area contributed by atoms with Crippen molar-refractivity contribution in [1.82, 2.24) is 4.98 Å². The van der Waals surface area contributed by atoms with Crippen LogP contribution in [0.3, 0.4) is 0 Å². The third-order valence-electron chi connectivity index (χ3n) is 2.18. The van der Waals surface area contributed by atoms with Crippen molar-refractivity contribution < 1.29 is 9.53 Å². The lowest BCUT2D eigenvalue weighted by Gasteiger charge is -2.05. The highest BCUT2D eigenvalue weighted by molar-refractivity contribution is 6.00. The zero-order valence-corrected chi connectivity index (χ0v) is 8.23. The number of carbonyl (C=O) groups is 1. The fraction of sp³-hybridized carbons (Fsp3) is 0.0909. The molecule has 0 unspecified atom stereocenters. The number of ether oxygens (including phenoxy) is 1. The molecule has 0 aliphatic heterocycles. The number of methoxy groups -OCH3 is 1. The summed E-state index contributed by atoms with van der Waals surface area (Å²) in [7, 11) is 1.32. The topological polar surface area (TPSA) is 65.2 Å². The Bertz CT molecular complexity index is 523. The highest BCUT2D eigenvalue weighted by Crippen LogP contribution is 2.20. The van der Waals surface area contributed by atoms with E-state index >= 15 is 0 Å². The SMILES string of the molecule is COC(=O)c1cc2ncccc2cc1N. The summed E-state index contributed by atoms with van der Waals surface area (Å²) < 4.78 is 4.62. The van der Waals surface area contributed by atoms with Crippen LogP contribution in [-0.2, 0) is 4.74 Å². The average Bonchev–Trinajstić information content (AvgIpc) is 2.27. The van der Waals surface area contributed by atoms with Crippen LogP contribution in [0.5, 0.6) is 0 Å². The van der Waals surface area contributed by atoms with Crippen molar-refractivity contribution in [2.75, 3.05) is 12.8 Å². The van der Waals surface area contributed by atoms with Crippen LogP contribution in [0.25, 0.3) is 10.9 Å². The molecular weight excluding hydrogens is 192 g/mol. The Kier molecular flexibility index (Phi) is 2.25. The molecule has 2 rings (SSSR count). The minimum Gasteiger partial charge on any atom is -0.465 e. The van der Waals surface area contributed by atoms with E-state index in [2.05, 4.69) is 9.72 Å². The van der Waals surface area contributed by atoms with Crippen LogP contribution in [-0.4, -0.2) is 18.1 Å². The van der Waals surface area contributed by atoms with Crippen LogP contribution in [0.2, 0.25) is 0 Å². The van der Waals surface area contributed by atoms with Crippen LogP contribution in [0.1, 0.15) is 10.4 Å². The van der Waals surface area contributed by atoms with Gasteiger partial charge in [-0.05, 0) is 18.2 Å². The van der Waals surface area contributed by atoms with Gasteiger partial charge in [0.1, 0.15) is 0 Å². The summed E-state index contributed by atoms with van der Waals surface area (Å²) in [4.78, 5) is 15.5. The van der Waals surface area contributed by atoms with Gasteiger partial charge in [0.05, 0.1) is 18.2 Å². The molecule has 0 bridgehead atoms. The molecule has 0 saturated heterocycles. The van der Waals surface area contributed by atoms with E-state index in [0.29, 0.717) is 11.3 Å². The number of carbonyl (C=O) groups excluding carboxylic acids is 1. The molecule has 0 aliphatic carbocycles. The van der Waals surface area contributed by atoms with Crippen LogP contribution >= 0.6 is 0 Å². The van der Waals surface area contributed by atoms with E-state index < -0.39 is 5.97 Å². The van der Waals surface area contributed by atoms with Gasteiger partial charge in [-0.2, -0.15) is 0 Å². The van der Waals surface area contributed by atoms with Crippen LogP contribution < -0.4 is 5.73 Å². The third kappa shape index (κ3) is 1.61. The maximum Gasteiger partial charge on any atom is 0.340 e. The minimum absolute atomic E-state index is 0.351. The number of hydrogen-bond donors (Lipinski definition) is 1. The zero-order chi connectivity index (χ0) is 10.8. The minimum atomic E-state index is -0.444. The zero-order valence-electron chi connectivity index (χ0n) is 8.23. The van der Waals surface area contributed by atoms with Gasteiger partial charge >= 0.3 is 5.97 Å². The van der Waals surface area contributed by atoms with E-state index in [1.54, 1.807) is 18.3 Å². The van der Waals surface area contributed by atoms with Gasteiger partial charge in [-0.15, -0.1) is 0 Å². The molecule has 0 aliphatic rings. The van der Waals surface area contributed by atoms with E-state index in [1.165, 1.54) is 7.11 Å². The number of nitrogen functional groups attached to an aromatic ring is 1. The molecule has 0 fully saturated rings. The van der Waals surface area contributed by atoms with E-state index in [4.69, 9.17) is 5.73 Å². The van der Waals surface area contributed by atoms with E-state index in [1.807, 2.05) is 12.1 Å². The molecule has 1 heterocycles. The van der Waals surface area contributed by atoms with E-state index in [0.717, 1.165) is 10.9 Å². The summed E-state index contributed by atoms with van der Waals surface area (Å²) >= 11 is 0. The number of anilines is 1. The molecule has 15 heavy (non-hydrogen) atoms. The lowest BCUT2D eigenvalue weighted by atomic mass is 10.1. The molecule has 0 spiro atoms. The van der Waals surface area contributed by atoms with Crippen LogP contribution in [0.4, 0.5) is 5.69 Å². The second-order valence-electron chi connectivity index (χ2n) is 3.13. The predicted molar refractivity (Wildman–Crippen MR) is 57.5 cm³/mol. The van der Waals surface area contributed by atoms with Gasteiger partial charge in [-0.25, -0.2) is 4.79 Å². The molecular formula is C11H10N2O2. The van der Waals surface area contributed by atoms with Gasteiger partial charge in [0.2, 0.25) is 0 Å². The molecule has 4 heteroatoms. The van der Waals surface area contributed by atoms with Gasteiger partial charge < -0.3 is 10.5 Å². The number of rotatable bonds is 1. The lowest BCUT2D eigenvalue weighted by molar-refractivity contribution is 0.0602. The van der Waals surface area contributed by atoms with Crippen molar-refractivity contribution in [3.8, 4) is 0 Å². The third-order valence-corrected chi connectivity index (χ3v) is 2.18. The van der Waals surface area contributed by atoms with Gasteiger partial charge in [-0.1, -0.05) is 6.07 Å². The Morgan fingerprint density at radius 3 is 3.00 bits per heavy atom. The molecule has 76 valence electrons. The fourth-order valence-corrected chi connectivity index (χ4v) is 1.42. The second kappa shape index (κ2) is 3.57. The molecule has 0 amide bonds. The van der Waals surface area contributed by atoms with Crippen molar-refractivity contribution in [3.63, 3.8) is 0 Å². The summed E-state index contributed by atoms with van der Waals surface area (Å²) in [6, 6.07) is 7.06. The van der Waals surface area contributed by atoms with Crippen molar-refractivity contribution >= 4 is 22.6 Å². The summed E-state index contributed by atoms with van der Waals surface area (Å²) in [5.41, 5.74) is 7.22. The molecule has 2 aromatic rings. The van der Waals surface area contributed by atoms with Gasteiger partial charge in [-0.3, -0.25) is 4.98 Å². The van der Waals surface area contributed by atoms with Crippen molar-refractivity contribution in [2.45, 2.75) is 0 Å². The highest BCUT2D eigenvalue weighted by Gasteiger charge is 2.11. The standard InChI is InChI=1S/C11H10N2O2/c1-15-11(14)8-6-10-7(5-9(8)12)3-2-4-13-10/h2-6H,12H2,1H3. The number of nitrogens with zero attached hydrogens (tertiary/aromatic N) is 1. The number of hydrogen-bond acceptors (Lipinski definition) is 4. The first kappa shape index (κ1) is 9.45. The van der Waals surface area contributed by atoms with Crippen molar-refractivity contribution in [3.05, 3.63) is 36.0 Å². The number of pyridine rings is 1. The van der Waals surface area contributed by atoms with Crippen molar-refractivity contribution in [2.24, 2.45) is 0 Å². The van der Waals surface area contributed by atoms with Crippen LogP contribution in [0.15, 0.2) is 30.5 Å². The molecule has 2 N–H and O–H groups in total. The Balaban J connectivity index is 2.67. The molecule has 1 aromatic carbocycles. The Morgan fingerprint density at radius 2 is 2.27 bits per heavy atom. The lowest BCUT2D eigenvalue weighted by Crippen LogP contribution is -2.05. The van der Waals surface area contributed by atoms with E-state index in [-0.39, 0.29) is 0 Å². The largest absolute Gasteiger partial charge is 0.465 e. The summed E-state index contributed by atoms with van der Waals surface area (Å²) in [6.07, 6.45) is 1.67. The summed E-state index contributed by atoms with van der Waals surface area (Å²) in [5, 5.41) is 0.905. The first-order chi connectivity index (χ1) is 7.22. The summed E-state index contributed by atoms with van der Waals surface area (Å²) in [6.45, 7) is 0. The van der Waals surface area contributed by atoms with Gasteiger partial charge in [0.15, 0.2) is 0 Å². The summed E-state index contributed by atoms with van der Waals surface area (Å²) in [5.74, 6) is -0.444. The average molecular weight is 202 g/mol. The Labute approximate surface area is 86.7 Å². The molecule has 4 nitrogen and oxygen atoms in total. The molecule has 0 saturated carbocycles. The van der Waals surface area contributed by atoms with Crippen molar-refractivity contribution in [1.29, 1.82) is 0 Å². The maximum absolute atomic E-state index is 11.3. The monoisotopic (exact) mass is 202 g/mol. The number of nitrogens with two attached hydrogens (primary N) is 1. The number of aromatic nitrogens is 1. The van der Waals surface area contributed by atoms with Crippen LogP contribution in [0, 0.1) is 0 Å². The second-order valence-corrected chi connectivity index (χ2v) is 3.13. The highest BCUT2D eigenvalue weighted by atomic mass is 16.5. The fourth-order valence-electron chi connectivity index (χ4n) is 1.42.